The standard InChI is InChI=1S/C14H13ClN2O3/c1-20-12-4-2-10(3-5-12)9-17(15)13-8-11(14(18)19)6-7-16-13/h2-8H,9H2,1H3,(H,18,19). The molecule has 0 aliphatic carbocycles. The number of aromatic carboxylic acids is 1. The van der Waals surface area contributed by atoms with E-state index in [2.05, 4.69) is 4.98 Å². The number of aromatic nitrogens is 1. The molecule has 5 nitrogen and oxygen atoms in total. The SMILES string of the molecule is COc1ccc(CN(Cl)c2cc(C(=O)O)ccn2)cc1. The number of methoxy groups -OCH3 is 1. The molecule has 20 heavy (non-hydrogen) atoms. The van der Waals surface area contributed by atoms with E-state index in [1.165, 1.54) is 22.7 Å². The van der Waals surface area contributed by atoms with Crippen LogP contribution in [0.2, 0.25) is 0 Å². The van der Waals surface area contributed by atoms with Gasteiger partial charge in [-0.05, 0) is 29.8 Å². The van der Waals surface area contributed by atoms with Crippen LogP contribution in [0.5, 0.6) is 5.75 Å². The Balaban J connectivity index is 2.12. The summed E-state index contributed by atoms with van der Waals surface area (Å²) in [4.78, 5) is 15.0. The Hall–Kier alpha value is -2.27. The van der Waals surface area contributed by atoms with Crippen molar-refractivity contribution >= 4 is 23.6 Å². The molecule has 1 aromatic carbocycles. The number of pyridine rings is 1. The summed E-state index contributed by atoms with van der Waals surface area (Å²) >= 11 is 6.14. The highest BCUT2D eigenvalue weighted by molar-refractivity contribution is 6.25. The van der Waals surface area contributed by atoms with E-state index in [0.29, 0.717) is 12.4 Å². The fourth-order valence-corrected chi connectivity index (χ4v) is 1.89. The van der Waals surface area contributed by atoms with Crippen molar-refractivity contribution in [1.29, 1.82) is 0 Å². The minimum atomic E-state index is -1.01. The highest BCUT2D eigenvalue weighted by atomic mass is 35.5. The molecule has 0 fully saturated rings. The van der Waals surface area contributed by atoms with Crippen molar-refractivity contribution in [3.05, 3.63) is 53.7 Å². The molecule has 0 spiro atoms. The number of nitrogens with zero attached hydrogens (tertiary/aromatic N) is 2. The maximum Gasteiger partial charge on any atom is 0.335 e. The van der Waals surface area contributed by atoms with Gasteiger partial charge >= 0.3 is 5.97 Å². The van der Waals surface area contributed by atoms with Gasteiger partial charge in [-0.2, -0.15) is 0 Å². The Labute approximate surface area is 121 Å². The Morgan fingerprint density at radius 2 is 2.05 bits per heavy atom. The molecular formula is C14H13ClN2O3. The molecule has 1 N–H and O–H groups in total. The highest BCUT2D eigenvalue weighted by Crippen LogP contribution is 2.19. The number of hydrogen-bond donors (Lipinski definition) is 1. The number of halogens is 1. The lowest BCUT2D eigenvalue weighted by Gasteiger charge is -2.15. The summed E-state index contributed by atoms with van der Waals surface area (Å²) in [6.07, 6.45) is 1.42. The summed E-state index contributed by atoms with van der Waals surface area (Å²) in [6.45, 7) is 0.404. The van der Waals surface area contributed by atoms with Crippen LogP contribution in [0.3, 0.4) is 0 Å². The van der Waals surface area contributed by atoms with E-state index in [9.17, 15) is 4.79 Å². The lowest BCUT2D eigenvalue weighted by Crippen LogP contribution is -2.12. The van der Waals surface area contributed by atoms with Crippen molar-refractivity contribution in [2.24, 2.45) is 0 Å². The predicted molar refractivity (Wildman–Crippen MR) is 76.2 cm³/mol. The van der Waals surface area contributed by atoms with Gasteiger partial charge in [-0.3, -0.25) is 4.42 Å². The van der Waals surface area contributed by atoms with Crippen molar-refractivity contribution in [3.8, 4) is 5.75 Å². The third-order valence-corrected chi connectivity index (χ3v) is 3.01. The maximum absolute atomic E-state index is 10.9. The predicted octanol–water partition coefficient (Wildman–Crippen LogP) is 2.95. The molecule has 0 saturated carbocycles. The molecule has 0 saturated heterocycles. The van der Waals surface area contributed by atoms with Gasteiger partial charge < -0.3 is 9.84 Å². The lowest BCUT2D eigenvalue weighted by molar-refractivity contribution is 0.0697. The van der Waals surface area contributed by atoms with Crippen LogP contribution in [0, 0.1) is 0 Å². The fraction of sp³-hybridized carbons (Fsp3) is 0.143. The zero-order valence-corrected chi connectivity index (χ0v) is 11.5. The summed E-state index contributed by atoms with van der Waals surface area (Å²) in [6, 6.07) is 10.3. The molecule has 0 radical (unpaired) electrons. The lowest BCUT2D eigenvalue weighted by atomic mass is 10.2. The molecule has 0 amide bonds. The minimum Gasteiger partial charge on any atom is -0.497 e. The van der Waals surface area contributed by atoms with E-state index >= 15 is 0 Å². The Kier molecular flexibility index (Phi) is 4.42. The summed E-state index contributed by atoms with van der Waals surface area (Å²) < 4.78 is 6.45. The second-order valence-corrected chi connectivity index (χ2v) is 4.48. The van der Waals surface area contributed by atoms with Crippen molar-refractivity contribution in [2.75, 3.05) is 11.5 Å². The van der Waals surface area contributed by atoms with Crippen molar-refractivity contribution in [2.45, 2.75) is 6.54 Å². The number of hydrogen-bond acceptors (Lipinski definition) is 4. The van der Waals surface area contributed by atoms with Crippen molar-refractivity contribution < 1.29 is 14.6 Å². The first kappa shape index (κ1) is 14.1. The molecule has 2 aromatic rings. The average molecular weight is 293 g/mol. The third kappa shape index (κ3) is 3.39. The highest BCUT2D eigenvalue weighted by Gasteiger charge is 2.10. The second-order valence-electron chi connectivity index (χ2n) is 4.08. The van der Waals surface area contributed by atoms with Crippen LogP contribution >= 0.6 is 11.8 Å². The van der Waals surface area contributed by atoms with Gasteiger partial charge in [-0.15, -0.1) is 0 Å². The molecule has 1 aromatic heterocycles. The van der Waals surface area contributed by atoms with Crippen LogP contribution in [0.4, 0.5) is 5.82 Å². The fourth-order valence-electron chi connectivity index (χ4n) is 1.66. The number of carboxylic acids is 1. The number of carboxylic acid groups (broad SMARTS) is 1. The maximum atomic E-state index is 10.9. The third-order valence-electron chi connectivity index (χ3n) is 2.72. The molecule has 0 unspecified atom stereocenters. The van der Waals surface area contributed by atoms with Crippen LogP contribution < -0.4 is 9.16 Å². The number of rotatable bonds is 5. The first-order chi connectivity index (χ1) is 9.60. The van der Waals surface area contributed by atoms with Crippen LogP contribution in [-0.2, 0) is 6.54 Å². The number of ether oxygens (including phenoxy) is 1. The number of benzene rings is 1. The number of carbonyl (C=O) groups is 1. The molecule has 0 aliphatic rings. The molecule has 0 bridgehead atoms. The van der Waals surface area contributed by atoms with Crippen LogP contribution in [-0.4, -0.2) is 23.2 Å². The summed E-state index contributed by atoms with van der Waals surface area (Å²) in [7, 11) is 1.60. The van der Waals surface area contributed by atoms with E-state index in [1.807, 2.05) is 24.3 Å². The first-order valence-electron chi connectivity index (χ1n) is 5.86. The quantitative estimate of drug-likeness (QED) is 0.859. The molecule has 0 aliphatic heterocycles. The first-order valence-corrected chi connectivity index (χ1v) is 6.19. The van der Waals surface area contributed by atoms with E-state index in [0.717, 1.165) is 11.3 Å². The van der Waals surface area contributed by atoms with Crippen LogP contribution in [0.25, 0.3) is 0 Å². The second kappa shape index (κ2) is 6.25. The van der Waals surface area contributed by atoms with Gasteiger partial charge in [0, 0.05) is 18.0 Å². The van der Waals surface area contributed by atoms with Crippen molar-refractivity contribution in [1.82, 2.24) is 4.98 Å². The van der Waals surface area contributed by atoms with Gasteiger partial charge in [0.15, 0.2) is 0 Å². The van der Waals surface area contributed by atoms with E-state index in [1.54, 1.807) is 7.11 Å². The van der Waals surface area contributed by atoms with E-state index in [-0.39, 0.29) is 5.56 Å². The summed E-state index contributed by atoms with van der Waals surface area (Å²) in [5.74, 6) is 0.145. The Morgan fingerprint density at radius 3 is 2.65 bits per heavy atom. The van der Waals surface area contributed by atoms with Crippen LogP contribution in [0.1, 0.15) is 15.9 Å². The van der Waals surface area contributed by atoms with Crippen LogP contribution in [0.15, 0.2) is 42.6 Å². The zero-order chi connectivity index (χ0) is 14.5. The van der Waals surface area contributed by atoms with Gasteiger partial charge in [0.25, 0.3) is 0 Å². The largest absolute Gasteiger partial charge is 0.497 e. The molecule has 104 valence electrons. The minimum absolute atomic E-state index is 0.149. The normalized spacial score (nSPS) is 10.1. The van der Waals surface area contributed by atoms with E-state index < -0.39 is 5.97 Å². The van der Waals surface area contributed by atoms with Gasteiger partial charge in [0.1, 0.15) is 11.6 Å². The summed E-state index contributed by atoms with van der Waals surface area (Å²) in [5.41, 5.74) is 1.11. The molecule has 0 atom stereocenters. The smallest absolute Gasteiger partial charge is 0.335 e. The Bertz CT molecular complexity index is 602. The molecule has 2 rings (SSSR count). The van der Waals surface area contributed by atoms with Crippen molar-refractivity contribution in [3.63, 3.8) is 0 Å². The Morgan fingerprint density at radius 1 is 1.35 bits per heavy atom. The summed E-state index contributed by atoms with van der Waals surface area (Å²) in [5, 5.41) is 8.94. The van der Waals surface area contributed by atoms with Gasteiger partial charge in [0.2, 0.25) is 0 Å². The monoisotopic (exact) mass is 292 g/mol. The van der Waals surface area contributed by atoms with E-state index in [4.69, 9.17) is 21.6 Å². The average Bonchev–Trinajstić information content (AvgIpc) is 2.48. The molecular weight excluding hydrogens is 280 g/mol. The molecule has 1 heterocycles. The van der Waals surface area contributed by atoms with Gasteiger partial charge in [0.05, 0.1) is 19.2 Å². The molecule has 6 heteroatoms. The topological polar surface area (TPSA) is 62.7 Å². The zero-order valence-electron chi connectivity index (χ0n) is 10.8. The van der Waals surface area contributed by atoms with Gasteiger partial charge in [-0.1, -0.05) is 12.1 Å². The van der Waals surface area contributed by atoms with Gasteiger partial charge in [-0.25, -0.2) is 9.78 Å². The number of anilines is 1.